The van der Waals surface area contributed by atoms with Gasteiger partial charge in [0, 0.05) is 24.6 Å². The molecule has 5 heteroatoms. The first-order valence-corrected chi connectivity index (χ1v) is 5.54. The Morgan fingerprint density at radius 3 is 2.75 bits per heavy atom. The molecule has 1 saturated heterocycles. The summed E-state index contributed by atoms with van der Waals surface area (Å²) >= 11 is 0. The molecular weight excluding hydrogens is 208 g/mol. The van der Waals surface area contributed by atoms with E-state index >= 15 is 0 Å². The van der Waals surface area contributed by atoms with Crippen molar-refractivity contribution >= 4 is 5.91 Å². The van der Waals surface area contributed by atoms with Gasteiger partial charge >= 0.3 is 0 Å². The Labute approximate surface area is 96.3 Å². The fourth-order valence-corrected chi connectivity index (χ4v) is 1.50. The number of aliphatic hydroxyl groups excluding tert-OH is 1. The number of amides is 1. The van der Waals surface area contributed by atoms with Crippen LogP contribution in [0.1, 0.15) is 20.8 Å². The van der Waals surface area contributed by atoms with Crippen LogP contribution in [0.4, 0.5) is 0 Å². The quantitative estimate of drug-likeness (QED) is 0.607. The van der Waals surface area contributed by atoms with Gasteiger partial charge in [-0.3, -0.25) is 4.79 Å². The predicted molar refractivity (Wildman–Crippen MR) is 60.8 cm³/mol. The molecule has 1 amide bonds. The number of aliphatic hydroxyl groups is 1. The van der Waals surface area contributed by atoms with Gasteiger partial charge in [-0.05, 0) is 6.92 Å². The maximum atomic E-state index is 12.0. The maximum absolute atomic E-state index is 12.0. The van der Waals surface area contributed by atoms with E-state index in [-0.39, 0.29) is 24.0 Å². The van der Waals surface area contributed by atoms with E-state index in [2.05, 4.69) is 5.32 Å². The van der Waals surface area contributed by atoms with Crippen LogP contribution in [0, 0.1) is 10.8 Å². The third kappa shape index (κ3) is 2.72. The summed E-state index contributed by atoms with van der Waals surface area (Å²) in [7, 11) is 0. The highest BCUT2D eigenvalue weighted by atomic mass is 16.5. The lowest BCUT2D eigenvalue weighted by Crippen LogP contribution is -2.51. The maximum Gasteiger partial charge on any atom is 0.229 e. The largest absolute Gasteiger partial charge is 0.396 e. The van der Waals surface area contributed by atoms with E-state index in [1.807, 2.05) is 20.8 Å². The first kappa shape index (κ1) is 13.4. The predicted octanol–water partition coefficient (Wildman–Crippen LogP) is -0.515. The van der Waals surface area contributed by atoms with Crippen LogP contribution in [0.3, 0.4) is 0 Å². The topological polar surface area (TPSA) is 84.6 Å². The third-order valence-corrected chi connectivity index (χ3v) is 3.19. The monoisotopic (exact) mass is 230 g/mol. The molecule has 2 atom stereocenters. The lowest BCUT2D eigenvalue weighted by atomic mass is 9.84. The molecule has 1 fully saturated rings. The van der Waals surface area contributed by atoms with Gasteiger partial charge in [0.25, 0.3) is 0 Å². The highest BCUT2D eigenvalue weighted by molar-refractivity contribution is 5.83. The van der Waals surface area contributed by atoms with Crippen molar-refractivity contribution in [3.05, 3.63) is 0 Å². The van der Waals surface area contributed by atoms with Crippen LogP contribution >= 0.6 is 0 Å². The number of nitrogens with one attached hydrogen (secondary N) is 1. The summed E-state index contributed by atoms with van der Waals surface area (Å²) in [6.07, 6.45) is 0. The van der Waals surface area contributed by atoms with Gasteiger partial charge in [0.15, 0.2) is 0 Å². The molecule has 1 rings (SSSR count). The number of ether oxygens (including phenoxy) is 1. The Kier molecular flexibility index (Phi) is 3.93. The molecule has 4 N–H and O–H groups in total. The molecule has 94 valence electrons. The zero-order valence-electron chi connectivity index (χ0n) is 10.2. The highest BCUT2D eigenvalue weighted by Crippen LogP contribution is 2.27. The number of carbonyl (C=O) groups is 1. The van der Waals surface area contributed by atoms with E-state index < -0.39 is 5.41 Å². The van der Waals surface area contributed by atoms with Crippen LogP contribution in [0.25, 0.3) is 0 Å². The number of hydrogen-bond acceptors (Lipinski definition) is 4. The van der Waals surface area contributed by atoms with E-state index in [0.717, 1.165) is 0 Å². The summed E-state index contributed by atoms with van der Waals surface area (Å²) in [5, 5.41) is 11.9. The molecule has 0 aromatic heterocycles. The molecule has 0 radical (unpaired) electrons. The van der Waals surface area contributed by atoms with E-state index in [1.165, 1.54) is 0 Å². The van der Waals surface area contributed by atoms with Crippen molar-refractivity contribution in [3.63, 3.8) is 0 Å². The molecule has 0 bridgehead atoms. The molecular formula is C11H22N2O3. The standard InChI is InChI=1S/C11H22N2O3/c1-10(2,6-14)5-13-9(15)11(3)7-16-4-8(11)12/h8,14H,4-7,12H2,1-3H3,(H,13,15). The summed E-state index contributed by atoms with van der Waals surface area (Å²) < 4.78 is 5.22. The van der Waals surface area contributed by atoms with Crippen molar-refractivity contribution in [3.8, 4) is 0 Å². The average molecular weight is 230 g/mol. The van der Waals surface area contributed by atoms with Crippen molar-refractivity contribution in [2.75, 3.05) is 26.4 Å². The molecule has 0 aromatic rings. The minimum absolute atomic E-state index is 0.0343. The Balaban J connectivity index is 2.53. The summed E-state index contributed by atoms with van der Waals surface area (Å²) in [6.45, 7) is 6.84. The van der Waals surface area contributed by atoms with Gasteiger partial charge in [-0.2, -0.15) is 0 Å². The molecule has 0 spiro atoms. The zero-order valence-corrected chi connectivity index (χ0v) is 10.2. The first-order valence-electron chi connectivity index (χ1n) is 5.54. The Morgan fingerprint density at radius 1 is 1.69 bits per heavy atom. The molecule has 2 unspecified atom stereocenters. The highest BCUT2D eigenvalue weighted by Gasteiger charge is 2.44. The Morgan fingerprint density at radius 2 is 2.31 bits per heavy atom. The summed E-state index contributed by atoms with van der Waals surface area (Å²) in [5.74, 6) is -0.0981. The summed E-state index contributed by atoms with van der Waals surface area (Å²) in [6, 6.07) is -0.260. The first-order chi connectivity index (χ1) is 7.32. The fourth-order valence-electron chi connectivity index (χ4n) is 1.50. The summed E-state index contributed by atoms with van der Waals surface area (Å²) in [5.41, 5.74) is 4.89. The van der Waals surface area contributed by atoms with Crippen molar-refractivity contribution in [1.82, 2.24) is 5.32 Å². The molecule has 1 aliphatic rings. The second-order valence-corrected chi connectivity index (χ2v) is 5.54. The molecule has 0 aromatic carbocycles. The third-order valence-electron chi connectivity index (χ3n) is 3.19. The van der Waals surface area contributed by atoms with Gasteiger partial charge in [0.1, 0.15) is 0 Å². The Bertz CT molecular complexity index is 268. The molecule has 1 aliphatic heterocycles. The van der Waals surface area contributed by atoms with Crippen LogP contribution < -0.4 is 11.1 Å². The van der Waals surface area contributed by atoms with Crippen LogP contribution in [0.5, 0.6) is 0 Å². The minimum atomic E-state index is -0.647. The van der Waals surface area contributed by atoms with Crippen LogP contribution in [0.15, 0.2) is 0 Å². The second-order valence-electron chi connectivity index (χ2n) is 5.54. The molecule has 16 heavy (non-hydrogen) atoms. The fraction of sp³-hybridized carbons (Fsp3) is 0.909. The SMILES string of the molecule is CC(C)(CO)CNC(=O)C1(C)COCC1N. The van der Waals surface area contributed by atoms with Crippen LogP contribution in [-0.4, -0.2) is 43.4 Å². The summed E-state index contributed by atoms with van der Waals surface area (Å²) in [4.78, 5) is 12.0. The lowest BCUT2D eigenvalue weighted by molar-refractivity contribution is -0.131. The molecule has 0 saturated carbocycles. The van der Waals surface area contributed by atoms with Gasteiger partial charge in [0.2, 0.25) is 5.91 Å². The number of hydrogen-bond donors (Lipinski definition) is 3. The van der Waals surface area contributed by atoms with Gasteiger partial charge in [0.05, 0.1) is 18.6 Å². The zero-order chi connectivity index (χ0) is 12.4. The normalized spacial score (nSPS) is 30.4. The average Bonchev–Trinajstić information content (AvgIpc) is 2.57. The lowest BCUT2D eigenvalue weighted by Gasteiger charge is -2.28. The van der Waals surface area contributed by atoms with Gasteiger partial charge < -0.3 is 20.9 Å². The van der Waals surface area contributed by atoms with Crippen molar-refractivity contribution in [2.45, 2.75) is 26.8 Å². The van der Waals surface area contributed by atoms with Crippen molar-refractivity contribution in [1.29, 1.82) is 0 Å². The van der Waals surface area contributed by atoms with Crippen LogP contribution in [-0.2, 0) is 9.53 Å². The number of rotatable bonds is 4. The van der Waals surface area contributed by atoms with E-state index in [4.69, 9.17) is 15.6 Å². The second kappa shape index (κ2) is 4.69. The number of nitrogens with two attached hydrogens (primary N) is 1. The number of carbonyl (C=O) groups excluding carboxylic acids is 1. The van der Waals surface area contributed by atoms with E-state index in [1.54, 1.807) is 0 Å². The molecule has 5 nitrogen and oxygen atoms in total. The Hall–Kier alpha value is -0.650. The van der Waals surface area contributed by atoms with Crippen LogP contribution in [0.2, 0.25) is 0 Å². The molecule has 0 aliphatic carbocycles. The van der Waals surface area contributed by atoms with E-state index in [0.29, 0.717) is 19.8 Å². The van der Waals surface area contributed by atoms with Gasteiger partial charge in [-0.15, -0.1) is 0 Å². The van der Waals surface area contributed by atoms with Gasteiger partial charge in [-0.1, -0.05) is 13.8 Å². The smallest absolute Gasteiger partial charge is 0.229 e. The van der Waals surface area contributed by atoms with Crippen molar-refractivity contribution in [2.24, 2.45) is 16.6 Å². The van der Waals surface area contributed by atoms with E-state index in [9.17, 15) is 4.79 Å². The molecule has 1 heterocycles. The van der Waals surface area contributed by atoms with Gasteiger partial charge in [-0.25, -0.2) is 0 Å². The minimum Gasteiger partial charge on any atom is -0.396 e. The van der Waals surface area contributed by atoms with Crippen molar-refractivity contribution < 1.29 is 14.6 Å².